The van der Waals surface area contributed by atoms with Crippen LogP contribution in [0.4, 0.5) is 0 Å². The van der Waals surface area contributed by atoms with E-state index < -0.39 is 35.3 Å². The van der Waals surface area contributed by atoms with Gasteiger partial charge in [-0.3, -0.25) is 9.59 Å². The summed E-state index contributed by atoms with van der Waals surface area (Å²) in [5.74, 6) is -3.51. The van der Waals surface area contributed by atoms with E-state index in [-0.39, 0.29) is 13.0 Å². The van der Waals surface area contributed by atoms with Crippen LogP contribution in [0.25, 0.3) is 0 Å². The lowest BCUT2D eigenvalue weighted by molar-refractivity contribution is -0.158. The Labute approximate surface area is 112 Å². The average molecular weight is 272 g/mol. The molecule has 108 valence electrons. The van der Waals surface area contributed by atoms with Crippen molar-refractivity contribution in [1.82, 2.24) is 0 Å². The van der Waals surface area contributed by atoms with Gasteiger partial charge in [-0.05, 0) is 12.8 Å². The van der Waals surface area contributed by atoms with E-state index in [2.05, 4.69) is 6.58 Å². The van der Waals surface area contributed by atoms with Crippen LogP contribution in [0.15, 0.2) is 12.2 Å². The van der Waals surface area contributed by atoms with Crippen molar-refractivity contribution >= 4 is 17.9 Å². The van der Waals surface area contributed by atoms with Gasteiger partial charge in [0.05, 0.1) is 13.0 Å². The van der Waals surface area contributed by atoms with Crippen molar-refractivity contribution in [3.63, 3.8) is 0 Å². The number of hydrogen-bond acceptors (Lipinski definition) is 4. The zero-order valence-electron chi connectivity index (χ0n) is 11.3. The summed E-state index contributed by atoms with van der Waals surface area (Å²) in [4.78, 5) is 34.0. The lowest BCUT2D eigenvalue weighted by atomic mass is 9.74. The molecule has 0 saturated heterocycles. The van der Waals surface area contributed by atoms with E-state index in [0.717, 1.165) is 0 Å². The number of aliphatic carboxylic acids is 2. The maximum atomic E-state index is 11.6. The van der Waals surface area contributed by atoms with Crippen molar-refractivity contribution < 1.29 is 29.3 Å². The molecule has 0 aromatic carbocycles. The predicted octanol–water partition coefficient (Wildman–Crippen LogP) is 1.84. The fourth-order valence-corrected chi connectivity index (χ4v) is 1.80. The maximum absolute atomic E-state index is 11.6. The molecule has 2 N–H and O–H groups in total. The summed E-state index contributed by atoms with van der Waals surface area (Å²) in [6.07, 6.45) is 0.537. The Hall–Kier alpha value is -1.85. The number of carboxylic acid groups (broad SMARTS) is 2. The summed E-state index contributed by atoms with van der Waals surface area (Å²) < 4.78 is 4.84. The Morgan fingerprint density at radius 2 is 1.74 bits per heavy atom. The summed E-state index contributed by atoms with van der Waals surface area (Å²) in [5.41, 5.74) is -2.29. The number of hydrogen-bond donors (Lipinski definition) is 2. The molecule has 0 aromatic rings. The van der Waals surface area contributed by atoms with Gasteiger partial charge in [0.25, 0.3) is 0 Å². The maximum Gasteiger partial charge on any atom is 0.332 e. The predicted molar refractivity (Wildman–Crippen MR) is 67.6 cm³/mol. The molecular formula is C13H20O6. The van der Waals surface area contributed by atoms with E-state index in [9.17, 15) is 19.5 Å². The second-order valence-corrected chi connectivity index (χ2v) is 4.32. The van der Waals surface area contributed by atoms with Gasteiger partial charge in [0.15, 0.2) is 0 Å². The first-order chi connectivity index (χ1) is 8.81. The van der Waals surface area contributed by atoms with Crippen molar-refractivity contribution in [2.75, 3.05) is 6.61 Å². The molecule has 0 spiro atoms. The van der Waals surface area contributed by atoms with Crippen LogP contribution >= 0.6 is 0 Å². The van der Waals surface area contributed by atoms with Gasteiger partial charge in [-0.25, -0.2) is 4.79 Å². The second kappa shape index (κ2) is 7.56. The van der Waals surface area contributed by atoms with Gasteiger partial charge in [-0.2, -0.15) is 0 Å². The van der Waals surface area contributed by atoms with Crippen LogP contribution in [0.1, 0.15) is 39.5 Å². The standard InChI is InChI=1S/C13H20O6/c1-4-6-13(12(17)18,9(3)11(15)16)8-10(14)19-7-5-2/h3-8H2,1-2H3,(H,15,16)(H,17,18). The van der Waals surface area contributed by atoms with Crippen molar-refractivity contribution in [3.05, 3.63) is 12.2 Å². The van der Waals surface area contributed by atoms with Crippen LogP contribution in [-0.2, 0) is 19.1 Å². The number of ether oxygens (including phenoxy) is 1. The molecule has 1 atom stereocenters. The van der Waals surface area contributed by atoms with Gasteiger partial charge in [-0.15, -0.1) is 0 Å². The van der Waals surface area contributed by atoms with Crippen LogP contribution in [0.3, 0.4) is 0 Å². The SMILES string of the molecule is C=C(C(=O)O)C(CCC)(CC(=O)OCCC)C(=O)O. The third-order valence-corrected chi connectivity index (χ3v) is 2.84. The van der Waals surface area contributed by atoms with Gasteiger partial charge in [-0.1, -0.05) is 26.8 Å². The number of carbonyl (C=O) groups is 3. The molecule has 0 rings (SSSR count). The minimum Gasteiger partial charge on any atom is -0.481 e. The van der Waals surface area contributed by atoms with E-state index in [0.29, 0.717) is 12.8 Å². The minimum atomic E-state index is -1.80. The molecule has 1 unspecified atom stereocenters. The molecule has 0 amide bonds. The Kier molecular flexibility index (Phi) is 6.82. The molecular weight excluding hydrogens is 252 g/mol. The van der Waals surface area contributed by atoms with Gasteiger partial charge < -0.3 is 14.9 Å². The number of rotatable bonds is 9. The van der Waals surface area contributed by atoms with Crippen molar-refractivity contribution in [2.45, 2.75) is 39.5 Å². The van der Waals surface area contributed by atoms with E-state index in [1.165, 1.54) is 0 Å². The van der Waals surface area contributed by atoms with Gasteiger partial charge >= 0.3 is 17.9 Å². The highest BCUT2D eigenvalue weighted by Crippen LogP contribution is 2.36. The van der Waals surface area contributed by atoms with Gasteiger partial charge in [0.2, 0.25) is 0 Å². The first-order valence-electron chi connectivity index (χ1n) is 6.13. The highest BCUT2D eigenvalue weighted by molar-refractivity contribution is 5.98. The zero-order valence-corrected chi connectivity index (χ0v) is 11.3. The van der Waals surface area contributed by atoms with E-state index in [4.69, 9.17) is 9.84 Å². The van der Waals surface area contributed by atoms with Gasteiger partial charge in [0.1, 0.15) is 5.41 Å². The summed E-state index contributed by atoms with van der Waals surface area (Å²) >= 11 is 0. The second-order valence-electron chi connectivity index (χ2n) is 4.32. The largest absolute Gasteiger partial charge is 0.481 e. The van der Waals surface area contributed by atoms with E-state index in [1.807, 2.05) is 0 Å². The quantitative estimate of drug-likeness (QED) is 0.490. The number of carbonyl (C=O) groups excluding carboxylic acids is 1. The summed E-state index contributed by atoms with van der Waals surface area (Å²) in [6.45, 7) is 7.01. The third kappa shape index (κ3) is 4.39. The average Bonchev–Trinajstić information content (AvgIpc) is 2.34. The van der Waals surface area contributed by atoms with E-state index in [1.54, 1.807) is 13.8 Å². The van der Waals surface area contributed by atoms with Crippen molar-refractivity contribution in [1.29, 1.82) is 0 Å². The van der Waals surface area contributed by atoms with E-state index >= 15 is 0 Å². The van der Waals surface area contributed by atoms with Crippen LogP contribution < -0.4 is 0 Å². The molecule has 0 heterocycles. The molecule has 0 fully saturated rings. The molecule has 19 heavy (non-hydrogen) atoms. The highest BCUT2D eigenvalue weighted by Gasteiger charge is 2.45. The van der Waals surface area contributed by atoms with Crippen LogP contribution in [0.5, 0.6) is 0 Å². The third-order valence-electron chi connectivity index (χ3n) is 2.84. The smallest absolute Gasteiger partial charge is 0.332 e. The fourth-order valence-electron chi connectivity index (χ4n) is 1.80. The lowest BCUT2D eigenvalue weighted by Crippen LogP contribution is -2.38. The summed E-state index contributed by atoms with van der Waals surface area (Å²) in [7, 11) is 0. The monoisotopic (exact) mass is 272 g/mol. The fraction of sp³-hybridized carbons (Fsp3) is 0.615. The topological polar surface area (TPSA) is 101 Å². The molecule has 0 aliphatic carbocycles. The lowest BCUT2D eigenvalue weighted by Gasteiger charge is -2.28. The molecule has 0 aromatic heterocycles. The van der Waals surface area contributed by atoms with Crippen LogP contribution in [0, 0.1) is 5.41 Å². The molecule has 0 saturated carbocycles. The first-order valence-corrected chi connectivity index (χ1v) is 6.13. The van der Waals surface area contributed by atoms with Gasteiger partial charge in [0, 0.05) is 5.57 Å². The Morgan fingerprint density at radius 1 is 1.16 bits per heavy atom. The Morgan fingerprint density at radius 3 is 2.11 bits per heavy atom. The molecule has 0 aliphatic heterocycles. The first kappa shape index (κ1) is 17.2. The summed E-state index contributed by atoms with van der Waals surface area (Å²) in [6, 6.07) is 0. The number of carboxylic acids is 2. The van der Waals surface area contributed by atoms with Crippen LogP contribution in [0.2, 0.25) is 0 Å². The Balaban J connectivity index is 5.24. The molecule has 0 bridgehead atoms. The van der Waals surface area contributed by atoms with Crippen LogP contribution in [-0.4, -0.2) is 34.7 Å². The molecule has 0 aliphatic rings. The molecule has 6 heteroatoms. The van der Waals surface area contributed by atoms with Crippen molar-refractivity contribution in [3.8, 4) is 0 Å². The highest BCUT2D eigenvalue weighted by atomic mass is 16.5. The normalized spacial score (nSPS) is 13.4. The summed E-state index contributed by atoms with van der Waals surface area (Å²) in [5, 5.41) is 18.3. The molecule has 6 nitrogen and oxygen atoms in total. The minimum absolute atomic E-state index is 0.0225. The number of esters is 1. The molecule has 0 radical (unpaired) electrons. The van der Waals surface area contributed by atoms with Crippen molar-refractivity contribution in [2.24, 2.45) is 5.41 Å². The zero-order chi connectivity index (χ0) is 15.1. The Bertz CT molecular complexity index is 373.